The second-order valence-corrected chi connectivity index (χ2v) is 7.04. The fourth-order valence-electron chi connectivity index (χ4n) is 3.74. The molecule has 2 aliphatic heterocycles. The quantitative estimate of drug-likeness (QED) is 0.841. The molecule has 4 rings (SSSR count). The summed E-state index contributed by atoms with van der Waals surface area (Å²) in [5.41, 5.74) is 1.89. The Morgan fingerprint density at radius 1 is 1.22 bits per heavy atom. The predicted octanol–water partition coefficient (Wildman–Crippen LogP) is 2.72. The smallest absolute Gasteiger partial charge is 0.165 e. The molecule has 1 unspecified atom stereocenters. The van der Waals surface area contributed by atoms with Gasteiger partial charge in [-0.15, -0.1) is 0 Å². The number of H-pyrrole nitrogens is 1. The maximum Gasteiger partial charge on any atom is 0.165 e. The van der Waals surface area contributed by atoms with E-state index in [4.69, 9.17) is 14.2 Å². The maximum atomic E-state index is 13.6. The van der Waals surface area contributed by atoms with Crippen LogP contribution < -0.4 is 4.74 Å². The van der Waals surface area contributed by atoms with Crippen molar-refractivity contribution in [3.05, 3.63) is 47.5 Å². The van der Waals surface area contributed by atoms with Crippen LogP contribution in [0.1, 0.15) is 30.3 Å². The van der Waals surface area contributed by atoms with Crippen LogP contribution in [0.5, 0.6) is 5.75 Å². The molecule has 27 heavy (non-hydrogen) atoms. The van der Waals surface area contributed by atoms with Crippen LogP contribution in [0.4, 0.5) is 4.39 Å². The minimum absolute atomic E-state index is 0.0147. The number of nitrogens with zero attached hydrogens (tertiary/aromatic N) is 2. The summed E-state index contributed by atoms with van der Waals surface area (Å²) in [7, 11) is 0. The van der Waals surface area contributed by atoms with Crippen molar-refractivity contribution in [3.63, 3.8) is 0 Å². The van der Waals surface area contributed by atoms with Gasteiger partial charge in [0, 0.05) is 44.5 Å². The van der Waals surface area contributed by atoms with Crippen molar-refractivity contribution in [2.24, 2.45) is 0 Å². The molecular weight excluding hydrogens is 349 g/mol. The fraction of sp³-hybridized carbons (Fsp3) is 0.550. The van der Waals surface area contributed by atoms with Crippen LogP contribution >= 0.6 is 0 Å². The van der Waals surface area contributed by atoms with Crippen molar-refractivity contribution in [1.29, 1.82) is 0 Å². The van der Waals surface area contributed by atoms with E-state index in [9.17, 15) is 4.39 Å². The molecule has 7 heteroatoms. The zero-order chi connectivity index (χ0) is 18.5. The molecular formula is C20H26FN3O3. The molecule has 6 nitrogen and oxygen atoms in total. The average Bonchev–Trinajstić information content (AvgIpc) is 3.19. The summed E-state index contributed by atoms with van der Waals surface area (Å²) in [5, 5.41) is 7.49. The highest BCUT2D eigenvalue weighted by Gasteiger charge is 2.29. The topological polar surface area (TPSA) is 59.6 Å². The number of benzene rings is 1. The Labute approximate surface area is 158 Å². The van der Waals surface area contributed by atoms with Crippen LogP contribution in [0.3, 0.4) is 0 Å². The molecule has 1 aromatic carbocycles. The summed E-state index contributed by atoms with van der Waals surface area (Å²) in [5.74, 6) is -0.0634. The largest absolute Gasteiger partial charge is 0.490 e. The van der Waals surface area contributed by atoms with Gasteiger partial charge in [0.15, 0.2) is 11.6 Å². The van der Waals surface area contributed by atoms with E-state index in [1.807, 2.05) is 6.07 Å². The summed E-state index contributed by atoms with van der Waals surface area (Å²) in [6.07, 6.45) is 2.80. The SMILES string of the molecule is Fc1ccccc1OCCc1cc(C2CN(C3CCOCC3)CCO2)n[nH]1. The Balaban J connectivity index is 1.30. The van der Waals surface area contributed by atoms with E-state index in [-0.39, 0.29) is 17.7 Å². The van der Waals surface area contributed by atoms with E-state index >= 15 is 0 Å². The van der Waals surface area contributed by atoms with Gasteiger partial charge in [-0.3, -0.25) is 10.00 Å². The molecule has 1 atom stereocenters. The second kappa shape index (κ2) is 8.82. The molecule has 1 aromatic heterocycles. The van der Waals surface area contributed by atoms with E-state index in [0.717, 1.165) is 57.1 Å². The molecule has 2 aliphatic rings. The summed E-state index contributed by atoms with van der Waals surface area (Å²) in [6, 6.07) is 9.05. The monoisotopic (exact) mass is 375 g/mol. The summed E-state index contributed by atoms with van der Waals surface area (Å²) in [4.78, 5) is 2.51. The van der Waals surface area contributed by atoms with Gasteiger partial charge < -0.3 is 14.2 Å². The second-order valence-electron chi connectivity index (χ2n) is 7.04. The summed E-state index contributed by atoms with van der Waals surface area (Å²) < 4.78 is 30.5. The third-order valence-corrected chi connectivity index (χ3v) is 5.25. The fourth-order valence-corrected chi connectivity index (χ4v) is 3.74. The van der Waals surface area contributed by atoms with Gasteiger partial charge in [0.2, 0.25) is 0 Å². The molecule has 2 aromatic rings. The van der Waals surface area contributed by atoms with E-state index in [1.54, 1.807) is 18.2 Å². The lowest BCUT2D eigenvalue weighted by atomic mass is 10.0. The van der Waals surface area contributed by atoms with Crippen molar-refractivity contribution in [2.75, 3.05) is 39.5 Å². The first-order valence-corrected chi connectivity index (χ1v) is 9.64. The molecule has 0 aliphatic carbocycles. The molecule has 2 saturated heterocycles. The van der Waals surface area contributed by atoms with E-state index in [1.165, 1.54) is 6.07 Å². The molecule has 0 spiro atoms. The van der Waals surface area contributed by atoms with Gasteiger partial charge in [0.05, 0.1) is 18.9 Å². The highest BCUT2D eigenvalue weighted by molar-refractivity contribution is 5.23. The van der Waals surface area contributed by atoms with Gasteiger partial charge in [-0.05, 0) is 31.0 Å². The van der Waals surface area contributed by atoms with E-state index < -0.39 is 0 Å². The van der Waals surface area contributed by atoms with Crippen molar-refractivity contribution >= 4 is 0 Å². The lowest BCUT2D eigenvalue weighted by Gasteiger charge is -2.39. The number of aromatic amines is 1. The number of rotatable bonds is 6. The van der Waals surface area contributed by atoms with Gasteiger partial charge in [-0.2, -0.15) is 5.10 Å². The number of hydrogen-bond donors (Lipinski definition) is 1. The van der Waals surface area contributed by atoms with Crippen molar-refractivity contribution < 1.29 is 18.6 Å². The first kappa shape index (κ1) is 18.4. The van der Waals surface area contributed by atoms with Crippen LogP contribution in [0.25, 0.3) is 0 Å². The molecule has 3 heterocycles. The van der Waals surface area contributed by atoms with Gasteiger partial charge in [-0.25, -0.2) is 4.39 Å². The minimum Gasteiger partial charge on any atom is -0.490 e. The minimum atomic E-state index is -0.341. The third-order valence-electron chi connectivity index (χ3n) is 5.25. The normalized spacial score (nSPS) is 22.0. The van der Waals surface area contributed by atoms with Gasteiger partial charge in [0.25, 0.3) is 0 Å². The molecule has 146 valence electrons. The zero-order valence-corrected chi connectivity index (χ0v) is 15.4. The van der Waals surface area contributed by atoms with Crippen molar-refractivity contribution in [1.82, 2.24) is 15.1 Å². The number of halogens is 1. The Hall–Kier alpha value is -1.96. The number of nitrogens with one attached hydrogen (secondary N) is 1. The summed E-state index contributed by atoms with van der Waals surface area (Å²) in [6.45, 7) is 4.64. The lowest BCUT2D eigenvalue weighted by molar-refractivity contribution is -0.0647. The first-order valence-electron chi connectivity index (χ1n) is 9.64. The first-order chi connectivity index (χ1) is 13.3. The van der Waals surface area contributed by atoms with Gasteiger partial charge in [-0.1, -0.05) is 12.1 Å². The number of hydrogen-bond acceptors (Lipinski definition) is 5. The van der Waals surface area contributed by atoms with E-state index in [0.29, 0.717) is 19.1 Å². The molecule has 0 bridgehead atoms. The Kier molecular flexibility index (Phi) is 6.01. The Morgan fingerprint density at radius 2 is 2.07 bits per heavy atom. The highest BCUT2D eigenvalue weighted by atomic mass is 19.1. The van der Waals surface area contributed by atoms with Gasteiger partial charge in [0.1, 0.15) is 6.10 Å². The number of morpholine rings is 1. The van der Waals surface area contributed by atoms with Crippen LogP contribution in [0, 0.1) is 5.82 Å². The molecule has 0 saturated carbocycles. The van der Waals surface area contributed by atoms with Crippen LogP contribution in [-0.2, 0) is 15.9 Å². The molecule has 0 radical (unpaired) electrons. The maximum absolute atomic E-state index is 13.6. The Bertz CT molecular complexity index is 733. The zero-order valence-electron chi connectivity index (χ0n) is 15.4. The van der Waals surface area contributed by atoms with Crippen LogP contribution in [-0.4, -0.2) is 60.7 Å². The Morgan fingerprint density at radius 3 is 2.93 bits per heavy atom. The standard InChI is InChI=1S/C20H26FN3O3/c21-17-3-1-2-4-19(17)26-11-5-15-13-18(23-22-15)20-14-24(8-12-27-20)16-6-9-25-10-7-16/h1-4,13,16,20H,5-12,14H2,(H,22,23). The number of aromatic nitrogens is 2. The summed E-state index contributed by atoms with van der Waals surface area (Å²) >= 11 is 0. The molecule has 2 fully saturated rings. The van der Waals surface area contributed by atoms with Crippen LogP contribution in [0.2, 0.25) is 0 Å². The third kappa shape index (κ3) is 4.66. The predicted molar refractivity (Wildman–Crippen MR) is 98.3 cm³/mol. The average molecular weight is 375 g/mol. The number of ether oxygens (including phenoxy) is 3. The van der Waals surface area contributed by atoms with E-state index in [2.05, 4.69) is 15.1 Å². The molecule has 0 amide bonds. The van der Waals surface area contributed by atoms with Crippen LogP contribution in [0.15, 0.2) is 30.3 Å². The molecule has 1 N–H and O–H groups in total. The number of para-hydroxylation sites is 1. The van der Waals surface area contributed by atoms with Gasteiger partial charge >= 0.3 is 0 Å². The van der Waals surface area contributed by atoms with Crippen molar-refractivity contribution in [2.45, 2.75) is 31.4 Å². The van der Waals surface area contributed by atoms with Crippen molar-refractivity contribution in [3.8, 4) is 5.75 Å². The highest BCUT2D eigenvalue weighted by Crippen LogP contribution is 2.25. The lowest BCUT2D eigenvalue weighted by Crippen LogP contribution is -2.46.